The first-order chi connectivity index (χ1) is 14.6. The van der Waals surface area contributed by atoms with Crippen molar-refractivity contribution >= 4 is 24.5 Å². The summed E-state index contributed by atoms with van der Waals surface area (Å²) in [4.78, 5) is 23.9. The minimum atomic E-state index is -1.05. The fraction of sp³-hybridized carbons (Fsp3) is 0.417. The van der Waals surface area contributed by atoms with Crippen LogP contribution in [0.25, 0.3) is 0 Å². The van der Waals surface area contributed by atoms with Gasteiger partial charge >= 0.3 is 13.1 Å². The van der Waals surface area contributed by atoms with Gasteiger partial charge in [-0.3, -0.25) is 4.79 Å². The summed E-state index contributed by atoms with van der Waals surface area (Å²) in [6.45, 7) is 8.00. The molecule has 1 saturated heterocycles. The minimum absolute atomic E-state index is 0.204. The van der Waals surface area contributed by atoms with Crippen LogP contribution in [0.3, 0.4) is 0 Å². The van der Waals surface area contributed by atoms with Crippen LogP contribution in [0.1, 0.15) is 45.2 Å². The molecule has 0 aromatic heterocycles. The van der Waals surface area contributed by atoms with Crippen molar-refractivity contribution in [2.75, 3.05) is 0 Å². The van der Waals surface area contributed by atoms with Gasteiger partial charge in [0.25, 0.3) is 0 Å². The Hall–Kier alpha value is -2.64. The normalized spacial score (nSPS) is 17.9. The molecule has 0 unspecified atom stereocenters. The van der Waals surface area contributed by atoms with Crippen LogP contribution in [0.4, 0.5) is 0 Å². The third kappa shape index (κ3) is 5.74. The summed E-state index contributed by atoms with van der Waals surface area (Å²) in [5, 5.41) is 12.2. The largest absolute Gasteiger partial charge is 0.494 e. The topological polar surface area (TPSA) is 84.9 Å². The van der Waals surface area contributed by atoms with Gasteiger partial charge in [0.05, 0.1) is 11.2 Å². The third-order valence-electron chi connectivity index (χ3n) is 6.06. The molecule has 1 fully saturated rings. The summed E-state index contributed by atoms with van der Waals surface area (Å²) in [6, 6.07) is 16.1. The number of nitrogens with one attached hydrogen (secondary N) is 1. The van der Waals surface area contributed by atoms with Crippen molar-refractivity contribution in [3.63, 3.8) is 0 Å². The number of rotatable bonds is 8. The number of carbonyl (C=O) groups excluding carboxylic acids is 1. The number of hydrogen-bond donors (Lipinski definition) is 2. The van der Waals surface area contributed by atoms with E-state index in [0.717, 1.165) is 16.6 Å². The molecule has 3 rings (SSSR count). The molecule has 0 saturated carbocycles. The molecular formula is C24H30BNO5. The summed E-state index contributed by atoms with van der Waals surface area (Å²) in [6.07, 6.45) is 1.02. The SMILES string of the molecule is CC1(C)OB(c2ccc(C[C@@H](NC(=O)CCc3ccccc3)C(=O)O)cc2)OC1(C)C. The number of aliphatic carboxylic acids is 1. The maximum atomic E-state index is 12.3. The maximum absolute atomic E-state index is 12.3. The van der Waals surface area contributed by atoms with Crippen molar-refractivity contribution in [2.45, 2.75) is 64.2 Å². The monoisotopic (exact) mass is 423 g/mol. The van der Waals surface area contributed by atoms with Gasteiger partial charge in [-0.1, -0.05) is 54.6 Å². The van der Waals surface area contributed by atoms with Gasteiger partial charge in [-0.2, -0.15) is 0 Å². The molecule has 2 aromatic carbocycles. The van der Waals surface area contributed by atoms with E-state index < -0.39 is 30.3 Å². The van der Waals surface area contributed by atoms with Gasteiger partial charge < -0.3 is 19.7 Å². The van der Waals surface area contributed by atoms with E-state index in [-0.39, 0.29) is 18.7 Å². The number of carboxylic acid groups (broad SMARTS) is 1. The van der Waals surface area contributed by atoms with Crippen LogP contribution >= 0.6 is 0 Å². The van der Waals surface area contributed by atoms with Gasteiger partial charge in [-0.25, -0.2) is 4.79 Å². The predicted molar refractivity (Wildman–Crippen MR) is 120 cm³/mol. The third-order valence-corrected chi connectivity index (χ3v) is 6.06. The highest BCUT2D eigenvalue weighted by Crippen LogP contribution is 2.36. The molecule has 0 bridgehead atoms. The Kier molecular flexibility index (Phi) is 6.87. The number of hydrogen-bond acceptors (Lipinski definition) is 4. The molecule has 6 nitrogen and oxygen atoms in total. The molecule has 7 heteroatoms. The summed E-state index contributed by atoms with van der Waals surface area (Å²) in [5.41, 5.74) is 1.89. The van der Waals surface area contributed by atoms with Crippen LogP contribution < -0.4 is 10.8 Å². The molecule has 1 aliphatic rings. The van der Waals surface area contributed by atoms with E-state index in [9.17, 15) is 14.7 Å². The van der Waals surface area contributed by atoms with Gasteiger partial charge in [0, 0.05) is 12.8 Å². The Morgan fingerprint density at radius 1 is 0.935 bits per heavy atom. The quantitative estimate of drug-likeness (QED) is 0.638. The van der Waals surface area contributed by atoms with Crippen molar-refractivity contribution in [2.24, 2.45) is 0 Å². The molecule has 1 amide bonds. The fourth-order valence-corrected chi connectivity index (χ4v) is 3.39. The summed E-state index contributed by atoms with van der Waals surface area (Å²) in [7, 11) is -0.466. The van der Waals surface area contributed by atoms with Crippen LogP contribution in [-0.4, -0.2) is 41.3 Å². The summed E-state index contributed by atoms with van der Waals surface area (Å²) < 4.78 is 12.1. The predicted octanol–water partition coefficient (Wildman–Crippen LogP) is 2.73. The number of amides is 1. The molecule has 0 radical (unpaired) electrons. The molecule has 0 aliphatic carbocycles. The molecule has 2 N–H and O–H groups in total. The zero-order valence-corrected chi connectivity index (χ0v) is 18.6. The molecule has 1 aliphatic heterocycles. The first kappa shape index (κ1) is 23.0. The van der Waals surface area contributed by atoms with Crippen LogP contribution in [0.15, 0.2) is 54.6 Å². The Balaban J connectivity index is 1.58. The van der Waals surface area contributed by atoms with Crippen molar-refractivity contribution in [3.8, 4) is 0 Å². The van der Waals surface area contributed by atoms with Crippen molar-refractivity contribution in [1.29, 1.82) is 0 Å². The van der Waals surface area contributed by atoms with Gasteiger partial charge in [-0.15, -0.1) is 0 Å². The molecule has 1 atom stereocenters. The summed E-state index contributed by atoms with van der Waals surface area (Å²) in [5.74, 6) is -1.33. The van der Waals surface area contributed by atoms with Crippen LogP contribution in [0.2, 0.25) is 0 Å². The van der Waals surface area contributed by atoms with Gasteiger partial charge in [0.2, 0.25) is 5.91 Å². The maximum Gasteiger partial charge on any atom is 0.494 e. The zero-order valence-electron chi connectivity index (χ0n) is 18.6. The van der Waals surface area contributed by atoms with E-state index >= 15 is 0 Å². The Bertz CT molecular complexity index is 895. The van der Waals surface area contributed by atoms with Crippen LogP contribution in [0, 0.1) is 0 Å². The van der Waals surface area contributed by atoms with Gasteiger partial charge in [0.15, 0.2) is 0 Å². The van der Waals surface area contributed by atoms with Crippen molar-refractivity contribution in [1.82, 2.24) is 5.32 Å². The first-order valence-electron chi connectivity index (χ1n) is 10.6. The van der Waals surface area contributed by atoms with E-state index in [1.54, 1.807) is 0 Å². The highest BCUT2D eigenvalue weighted by atomic mass is 16.7. The highest BCUT2D eigenvalue weighted by Gasteiger charge is 2.51. The summed E-state index contributed by atoms with van der Waals surface area (Å²) >= 11 is 0. The fourth-order valence-electron chi connectivity index (χ4n) is 3.39. The smallest absolute Gasteiger partial charge is 0.480 e. The second kappa shape index (κ2) is 9.24. The Morgan fingerprint density at radius 3 is 2.06 bits per heavy atom. The molecule has 0 spiro atoms. The number of carboxylic acids is 1. The zero-order chi connectivity index (χ0) is 22.6. The van der Waals surface area contributed by atoms with E-state index in [4.69, 9.17) is 9.31 Å². The van der Waals surface area contributed by atoms with E-state index in [1.165, 1.54) is 0 Å². The van der Waals surface area contributed by atoms with E-state index in [0.29, 0.717) is 6.42 Å². The second-order valence-electron chi connectivity index (χ2n) is 8.98. The molecule has 31 heavy (non-hydrogen) atoms. The lowest BCUT2D eigenvalue weighted by atomic mass is 9.78. The van der Waals surface area contributed by atoms with E-state index in [2.05, 4.69) is 5.32 Å². The average molecular weight is 423 g/mol. The lowest BCUT2D eigenvalue weighted by Gasteiger charge is -2.32. The molecule has 164 valence electrons. The first-order valence-corrected chi connectivity index (χ1v) is 10.6. The van der Waals surface area contributed by atoms with Crippen molar-refractivity contribution < 1.29 is 24.0 Å². The molecule has 2 aromatic rings. The number of carbonyl (C=O) groups is 2. The highest BCUT2D eigenvalue weighted by molar-refractivity contribution is 6.62. The lowest BCUT2D eigenvalue weighted by molar-refractivity contribution is -0.141. The van der Waals surface area contributed by atoms with Crippen LogP contribution in [-0.2, 0) is 31.7 Å². The van der Waals surface area contributed by atoms with Crippen LogP contribution in [0.5, 0.6) is 0 Å². The molecular weight excluding hydrogens is 393 g/mol. The Morgan fingerprint density at radius 2 is 1.52 bits per heavy atom. The average Bonchev–Trinajstić information content (AvgIpc) is 2.94. The number of benzene rings is 2. The Labute approximate surface area is 184 Å². The number of aryl methyl sites for hydroxylation is 1. The second-order valence-corrected chi connectivity index (χ2v) is 8.98. The van der Waals surface area contributed by atoms with Gasteiger partial charge in [-0.05, 0) is 50.7 Å². The van der Waals surface area contributed by atoms with E-state index in [1.807, 2.05) is 82.3 Å². The molecule has 1 heterocycles. The standard InChI is InChI=1S/C24H30BNO5/c1-23(2)24(3,4)31-25(30-23)19-13-10-18(11-14-19)16-20(22(28)29)26-21(27)15-12-17-8-6-5-7-9-17/h5-11,13-14,20H,12,15-16H2,1-4H3,(H,26,27)(H,28,29)/t20-/m1/s1. The van der Waals surface area contributed by atoms with Gasteiger partial charge in [0.1, 0.15) is 6.04 Å². The minimum Gasteiger partial charge on any atom is -0.480 e. The van der Waals surface area contributed by atoms with Crippen molar-refractivity contribution in [3.05, 3.63) is 65.7 Å². The lowest BCUT2D eigenvalue weighted by Crippen LogP contribution is -2.42.